The first-order chi connectivity index (χ1) is 8.49. The summed E-state index contributed by atoms with van der Waals surface area (Å²) in [7, 11) is 0. The lowest BCUT2D eigenvalue weighted by Gasteiger charge is -2.02. The number of halogens is 1. The number of nitrogens with zero attached hydrogens (tertiary/aromatic N) is 1. The first-order valence-corrected chi connectivity index (χ1v) is 6.08. The van der Waals surface area contributed by atoms with Crippen LogP contribution in [0.4, 0.5) is 5.69 Å². The van der Waals surface area contributed by atoms with Crippen molar-refractivity contribution in [3.05, 3.63) is 50.7 Å². The van der Waals surface area contributed by atoms with Gasteiger partial charge in [0.2, 0.25) is 0 Å². The molecular formula is C12H11BrN2O3. The van der Waals surface area contributed by atoms with Crippen LogP contribution in [-0.2, 0) is 0 Å². The lowest BCUT2D eigenvalue weighted by molar-refractivity contribution is -0.384. The standard InChI is InChI=1S/C12H11BrN2O3/c1-7(14)11-4-5-12(18-11)9-3-2-8(15(16)17)6-10(9)13/h2-7H,14H2,1H3. The summed E-state index contributed by atoms with van der Waals surface area (Å²) in [5, 5.41) is 10.6. The predicted molar refractivity (Wildman–Crippen MR) is 71.1 cm³/mol. The van der Waals surface area contributed by atoms with Crippen LogP contribution in [0.1, 0.15) is 18.7 Å². The molecule has 0 radical (unpaired) electrons. The molecule has 0 aliphatic carbocycles. The summed E-state index contributed by atoms with van der Waals surface area (Å²) in [4.78, 5) is 10.2. The number of hydrogen-bond acceptors (Lipinski definition) is 4. The van der Waals surface area contributed by atoms with Gasteiger partial charge in [0.1, 0.15) is 11.5 Å². The highest BCUT2D eigenvalue weighted by Crippen LogP contribution is 2.33. The number of non-ortho nitro benzene ring substituents is 1. The highest BCUT2D eigenvalue weighted by atomic mass is 79.9. The third-order valence-corrected chi connectivity index (χ3v) is 3.16. The van der Waals surface area contributed by atoms with E-state index in [0.29, 0.717) is 16.0 Å². The molecule has 0 amide bonds. The van der Waals surface area contributed by atoms with Gasteiger partial charge >= 0.3 is 0 Å². The molecule has 5 nitrogen and oxygen atoms in total. The van der Waals surface area contributed by atoms with E-state index >= 15 is 0 Å². The summed E-state index contributed by atoms with van der Waals surface area (Å²) in [5.74, 6) is 1.30. The van der Waals surface area contributed by atoms with Gasteiger partial charge in [-0.25, -0.2) is 0 Å². The van der Waals surface area contributed by atoms with E-state index in [1.807, 2.05) is 6.92 Å². The van der Waals surface area contributed by atoms with Crippen LogP contribution in [0.2, 0.25) is 0 Å². The molecule has 1 unspecified atom stereocenters. The van der Waals surface area contributed by atoms with Crippen molar-refractivity contribution in [1.29, 1.82) is 0 Å². The molecule has 2 rings (SSSR count). The number of hydrogen-bond donors (Lipinski definition) is 1. The Morgan fingerprint density at radius 3 is 2.61 bits per heavy atom. The van der Waals surface area contributed by atoms with Crippen LogP contribution >= 0.6 is 15.9 Å². The Hall–Kier alpha value is -1.66. The number of nitro benzene ring substituents is 1. The van der Waals surface area contributed by atoms with Crippen LogP contribution < -0.4 is 5.73 Å². The fraction of sp³-hybridized carbons (Fsp3) is 0.167. The normalized spacial score (nSPS) is 12.4. The van der Waals surface area contributed by atoms with Crippen LogP contribution in [0.15, 0.2) is 39.2 Å². The molecule has 1 aromatic carbocycles. The van der Waals surface area contributed by atoms with E-state index in [2.05, 4.69) is 15.9 Å². The van der Waals surface area contributed by atoms with E-state index in [1.54, 1.807) is 18.2 Å². The lowest BCUT2D eigenvalue weighted by Crippen LogP contribution is -2.02. The fourth-order valence-corrected chi connectivity index (χ4v) is 2.12. The Morgan fingerprint density at radius 1 is 1.39 bits per heavy atom. The topological polar surface area (TPSA) is 82.3 Å². The minimum absolute atomic E-state index is 0.0320. The summed E-state index contributed by atoms with van der Waals surface area (Å²) in [6.45, 7) is 1.83. The van der Waals surface area contributed by atoms with Crippen molar-refractivity contribution in [2.75, 3.05) is 0 Å². The SMILES string of the molecule is CC(N)c1ccc(-c2ccc([N+](=O)[O-])cc2Br)o1. The van der Waals surface area contributed by atoms with Gasteiger partial charge in [0, 0.05) is 22.2 Å². The Balaban J connectivity index is 2.41. The van der Waals surface area contributed by atoms with E-state index in [9.17, 15) is 10.1 Å². The van der Waals surface area contributed by atoms with Gasteiger partial charge < -0.3 is 10.2 Å². The largest absolute Gasteiger partial charge is 0.459 e. The van der Waals surface area contributed by atoms with E-state index < -0.39 is 4.92 Å². The molecule has 0 fully saturated rings. The molecular weight excluding hydrogens is 300 g/mol. The number of nitrogens with two attached hydrogens (primary N) is 1. The van der Waals surface area contributed by atoms with E-state index in [4.69, 9.17) is 10.2 Å². The zero-order valence-electron chi connectivity index (χ0n) is 9.59. The van der Waals surface area contributed by atoms with Crippen molar-refractivity contribution < 1.29 is 9.34 Å². The molecule has 0 saturated carbocycles. The zero-order valence-corrected chi connectivity index (χ0v) is 11.2. The van der Waals surface area contributed by atoms with Crippen LogP contribution in [-0.4, -0.2) is 4.92 Å². The third kappa shape index (κ3) is 2.44. The molecule has 0 aliphatic heterocycles. The van der Waals surface area contributed by atoms with Crippen molar-refractivity contribution in [3.8, 4) is 11.3 Å². The summed E-state index contributed by atoms with van der Waals surface area (Å²) >= 11 is 3.30. The number of rotatable bonds is 3. The van der Waals surface area contributed by atoms with Crippen molar-refractivity contribution in [1.82, 2.24) is 0 Å². The molecule has 2 N–H and O–H groups in total. The number of furan rings is 1. The van der Waals surface area contributed by atoms with Crippen LogP contribution in [0, 0.1) is 10.1 Å². The maximum atomic E-state index is 10.6. The maximum absolute atomic E-state index is 10.6. The molecule has 2 aromatic rings. The molecule has 94 valence electrons. The Morgan fingerprint density at radius 2 is 2.11 bits per heavy atom. The van der Waals surface area contributed by atoms with Crippen molar-refractivity contribution in [2.24, 2.45) is 5.73 Å². The first kappa shape index (κ1) is 12.8. The second-order valence-corrected chi connectivity index (χ2v) is 4.77. The Bertz CT molecular complexity index is 593. The average Bonchev–Trinajstić information content (AvgIpc) is 2.78. The number of nitro groups is 1. The Labute approximate surface area is 112 Å². The van der Waals surface area contributed by atoms with Gasteiger partial charge in [-0.15, -0.1) is 0 Å². The van der Waals surface area contributed by atoms with Crippen LogP contribution in [0.3, 0.4) is 0 Å². The summed E-state index contributed by atoms with van der Waals surface area (Å²) < 4.78 is 6.20. The van der Waals surface area contributed by atoms with E-state index in [1.165, 1.54) is 12.1 Å². The van der Waals surface area contributed by atoms with Gasteiger partial charge in [0.25, 0.3) is 5.69 Å². The van der Waals surface area contributed by atoms with Crippen LogP contribution in [0.5, 0.6) is 0 Å². The summed E-state index contributed by atoms with van der Waals surface area (Å²) in [5.41, 5.74) is 6.50. The molecule has 6 heteroatoms. The molecule has 1 aromatic heterocycles. The van der Waals surface area contributed by atoms with Gasteiger partial charge in [-0.3, -0.25) is 10.1 Å². The molecule has 0 saturated heterocycles. The van der Waals surface area contributed by atoms with Crippen molar-refractivity contribution in [3.63, 3.8) is 0 Å². The fourth-order valence-electron chi connectivity index (χ4n) is 1.56. The van der Waals surface area contributed by atoms with Crippen molar-refractivity contribution >= 4 is 21.6 Å². The van der Waals surface area contributed by atoms with E-state index in [-0.39, 0.29) is 11.7 Å². The first-order valence-electron chi connectivity index (χ1n) is 5.28. The molecule has 0 bridgehead atoms. The average molecular weight is 311 g/mol. The highest BCUT2D eigenvalue weighted by molar-refractivity contribution is 9.10. The van der Waals surface area contributed by atoms with Gasteiger partial charge in [-0.2, -0.15) is 0 Å². The van der Waals surface area contributed by atoms with Gasteiger partial charge in [-0.05, 0) is 41.1 Å². The minimum atomic E-state index is -0.440. The minimum Gasteiger partial charge on any atom is -0.459 e. The van der Waals surface area contributed by atoms with Gasteiger partial charge in [0.15, 0.2) is 0 Å². The van der Waals surface area contributed by atoms with Crippen LogP contribution in [0.25, 0.3) is 11.3 Å². The molecule has 0 aliphatic rings. The van der Waals surface area contributed by atoms with Gasteiger partial charge in [-0.1, -0.05) is 0 Å². The predicted octanol–water partition coefficient (Wildman–Crippen LogP) is 3.64. The molecule has 1 atom stereocenters. The Kier molecular flexibility index (Phi) is 3.49. The summed E-state index contributed by atoms with van der Waals surface area (Å²) in [6.07, 6.45) is 0. The second kappa shape index (κ2) is 4.91. The van der Waals surface area contributed by atoms with Crippen molar-refractivity contribution in [2.45, 2.75) is 13.0 Å². The maximum Gasteiger partial charge on any atom is 0.270 e. The van der Waals surface area contributed by atoms with Gasteiger partial charge in [0.05, 0.1) is 11.0 Å². The third-order valence-electron chi connectivity index (χ3n) is 2.50. The zero-order chi connectivity index (χ0) is 13.3. The quantitative estimate of drug-likeness (QED) is 0.693. The highest BCUT2D eigenvalue weighted by Gasteiger charge is 2.14. The molecule has 0 spiro atoms. The monoisotopic (exact) mass is 310 g/mol. The summed E-state index contributed by atoms with van der Waals surface area (Å²) in [6, 6.07) is 7.94. The second-order valence-electron chi connectivity index (χ2n) is 3.91. The molecule has 1 heterocycles. The van der Waals surface area contributed by atoms with E-state index in [0.717, 1.165) is 5.56 Å². The number of benzene rings is 1. The lowest BCUT2D eigenvalue weighted by atomic mass is 10.1. The molecule has 18 heavy (non-hydrogen) atoms. The smallest absolute Gasteiger partial charge is 0.270 e.